The summed E-state index contributed by atoms with van der Waals surface area (Å²) in [4.78, 5) is 5.26. The number of nitrogens with zero attached hydrogens (tertiary/aromatic N) is 2. The molecule has 2 aromatic rings. The van der Waals surface area contributed by atoms with E-state index in [1.807, 2.05) is 34.9 Å². The van der Waals surface area contributed by atoms with Gasteiger partial charge in [-0.1, -0.05) is 18.2 Å². The molecule has 17 heavy (non-hydrogen) atoms. The number of benzene rings is 1. The minimum absolute atomic E-state index is 0.122. The molecule has 1 N–H and O–H groups in total. The molecule has 0 bridgehead atoms. The average molecular weight is 279 g/mol. The largest absolute Gasteiger partial charge is 0.331 e. The van der Waals surface area contributed by atoms with Crippen LogP contribution in [-0.2, 0) is 0 Å². The zero-order valence-electron chi connectivity index (χ0n) is 8.70. The summed E-state index contributed by atoms with van der Waals surface area (Å²) < 4.78 is 2.82. The van der Waals surface area contributed by atoms with Crippen molar-refractivity contribution in [3.63, 3.8) is 0 Å². The number of thiol groups is 1. The number of thiazole rings is 1. The van der Waals surface area contributed by atoms with Crippen LogP contribution in [0.4, 0.5) is 5.82 Å². The van der Waals surface area contributed by atoms with Gasteiger partial charge in [0.15, 0.2) is 3.95 Å². The number of aliphatic imine (C=N–C) groups is 1. The fourth-order valence-electron chi connectivity index (χ4n) is 1.75. The summed E-state index contributed by atoms with van der Waals surface area (Å²) in [5.74, 6) is 0.973. The van der Waals surface area contributed by atoms with E-state index in [0.717, 1.165) is 20.3 Å². The van der Waals surface area contributed by atoms with Gasteiger partial charge in [0.1, 0.15) is 11.2 Å². The van der Waals surface area contributed by atoms with E-state index in [9.17, 15) is 0 Å². The third-order valence-corrected chi connectivity index (χ3v) is 4.50. The van der Waals surface area contributed by atoms with Crippen molar-refractivity contribution in [3.8, 4) is 5.69 Å². The highest BCUT2D eigenvalue weighted by Crippen LogP contribution is 2.38. The Kier molecular flexibility index (Phi) is 2.78. The quantitative estimate of drug-likeness (QED) is 0.616. The molecule has 0 radical (unpaired) electrons. The van der Waals surface area contributed by atoms with Gasteiger partial charge in [0.25, 0.3) is 0 Å². The Morgan fingerprint density at radius 2 is 2.12 bits per heavy atom. The summed E-state index contributed by atoms with van der Waals surface area (Å²) in [5.41, 5.74) is 1.05. The SMILES string of the molecule is S=c1sc2c(n1-c1ccccc1)NC=N[C@H]2S. The predicted molar refractivity (Wildman–Crippen MR) is 78.3 cm³/mol. The van der Waals surface area contributed by atoms with Crippen LogP contribution in [0.3, 0.4) is 0 Å². The average Bonchev–Trinajstić information content (AvgIpc) is 2.68. The first-order valence-corrected chi connectivity index (χ1v) is 6.79. The van der Waals surface area contributed by atoms with Gasteiger partial charge in [0, 0.05) is 5.69 Å². The molecule has 0 amide bonds. The number of fused-ring (bicyclic) bond motifs is 1. The van der Waals surface area contributed by atoms with Crippen molar-refractivity contribution in [2.45, 2.75) is 5.37 Å². The lowest BCUT2D eigenvalue weighted by molar-refractivity contribution is 1.01. The summed E-state index contributed by atoms with van der Waals surface area (Å²) >= 11 is 11.4. The summed E-state index contributed by atoms with van der Waals surface area (Å²) in [7, 11) is 0. The van der Waals surface area contributed by atoms with Crippen LogP contribution in [0.25, 0.3) is 5.69 Å². The Labute approximate surface area is 113 Å². The first kappa shape index (κ1) is 11.0. The first-order valence-electron chi connectivity index (χ1n) is 5.05. The van der Waals surface area contributed by atoms with Crippen molar-refractivity contribution >= 4 is 48.3 Å². The summed E-state index contributed by atoms with van der Waals surface area (Å²) in [5, 5.41) is 3.02. The van der Waals surface area contributed by atoms with Crippen LogP contribution in [0.5, 0.6) is 0 Å². The monoisotopic (exact) mass is 279 g/mol. The van der Waals surface area contributed by atoms with E-state index in [2.05, 4.69) is 22.9 Å². The topological polar surface area (TPSA) is 29.3 Å². The minimum atomic E-state index is -0.122. The lowest BCUT2D eigenvalue weighted by Gasteiger charge is -2.15. The van der Waals surface area contributed by atoms with Crippen LogP contribution < -0.4 is 5.32 Å². The van der Waals surface area contributed by atoms with Crippen molar-refractivity contribution in [2.75, 3.05) is 5.32 Å². The molecular weight excluding hydrogens is 270 g/mol. The molecule has 0 saturated carbocycles. The van der Waals surface area contributed by atoms with Crippen LogP contribution in [0, 0.1) is 3.95 Å². The van der Waals surface area contributed by atoms with Crippen LogP contribution >= 0.6 is 36.2 Å². The lowest BCUT2D eigenvalue weighted by atomic mass is 10.3. The van der Waals surface area contributed by atoms with Gasteiger partial charge in [-0.15, -0.1) is 24.0 Å². The highest BCUT2D eigenvalue weighted by Gasteiger charge is 2.21. The Morgan fingerprint density at radius 1 is 1.35 bits per heavy atom. The number of rotatable bonds is 1. The molecule has 1 aromatic carbocycles. The molecule has 0 unspecified atom stereocenters. The van der Waals surface area contributed by atoms with Crippen LogP contribution in [0.2, 0.25) is 0 Å². The number of aromatic nitrogens is 1. The molecule has 6 heteroatoms. The molecule has 2 heterocycles. The maximum Gasteiger partial charge on any atom is 0.167 e. The van der Waals surface area contributed by atoms with E-state index in [1.54, 1.807) is 17.7 Å². The zero-order valence-corrected chi connectivity index (χ0v) is 11.2. The highest BCUT2D eigenvalue weighted by molar-refractivity contribution is 7.80. The maximum absolute atomic E-state index is 5.41. The second-order valence-electron chi connectivity index (χ2n) is 3.55. The van der Waals surface area contributed by atoms with Crippen molar-refractivity contribution < 1.29 is 0 Å². The van der Waals surface area contributed by atoms with Gasteiger partial charge < -0.3 is 5.32 Å². The lowest BCUT2D eigenvalue weighted by Crippen LogP contribution is -2.09. The van der Waals surface area contributed by atoms with E-state index < -0.39 is 0 Å². The van der Waals surface area contributed by atoms with Crippen LogP contribution in [0.1, 0.15) is 10.3 Å². The van der Waals surface area contributed by atoms with E-state index >= 15 is 0 Å². The molecule has 3 nitrogen and oxygen atoms in total. The minimum Gasteiger partial charge on any atom is -0.331 e. The normalized spacial score (nSPS) is 17.6. The Balaban J connectivity index is 2.23. The fourth-order valence-corrected chi connectivity index (χ4v) is 3.45. The van der Waals surface area contributed by atoms with E-state index in [-0.39, 0.29) is 5.37 Å². The fraction of sp³-hybridized carbons (Fsp3) is 0.0909. The third kappa shape index (κ3) is 1.82. The number of para-hydroxylation sites is 1. The number of hydrogen-bond donors (Lipinski definition) is 2. The summed E-state index contributed by atoms with van der Waals surface area (Å²) in [6, 6.07) is 10.0. The van der Waals surface area contributed by atoms with Crippen LogP contribution in [0.15, 0.2) is 35.3 Å². The van der Waals surface area contributed by atoms with Gasteiger partial charge in [-0.2, -0.15) is 0 Å². The Bertz CT molecular complexity index is 627. The van der Waals surface area contributed by atoms with Gasteiger partial charge in [-0.05, 0) is 24.4 Å². The van der Waals surface area contributed by atoms with Gasteiger partial charge in [-0.25, -0.2) is 0 Å². The summed E-state index contributed by atoms with van der Waals surface area (Å²) in [6.07, 6.45) is 1.67. The van der Waals surface area contributed by atoms with Crippen molar-refractivity contribution in [3.05, 3.63) is 39.2 Å². The smallest absolute Gasteiger partial charge is 0.167 e. The van der Waals surface area contributed by atoms with Gasteiger partial charge in [0.2, 0.25) is 0 Å². The molecule has 86 valence electrons. The summed E-state index contributed by atoms with van der Waals surface area (Å²) in [6.45, 7) is 0. The van der Waals surface area contributed by atoms with E-state index in [4.69, 9.17) is 12.2 Å². The van der Waals surface area contributed by atoms with E-state index in [0.29, 0.717) is 0 Å². The standard InChI is InChI=1S/C11H9N3S3/c15-10-8-9(12-6-13-10)14(11(16)17-8)7-4-2-1-3-5-7/h1-6,10,15H,(H,12,13)/t10-/m0/s1. The number of anilines is 1. The predicted octanol–water partition coefficient (Wildman–Crippen LogP) is 3.65. The number of hydrogen-bond acceptors (Lipinski definition) is 5. The zero-order chi connectivity index (χ0) is 11.8. The molecule has 1 aromatic heterocycles. The highest BCUT2D eigenvalue weighted by atomic mass is 32.1. The number of nitrogens with one attached hydrogen (secondary N) is 1. The second-order valence-corrected chi connectivity index (χ2v) is 5.71. The molecule has 1 aliphatic heterocycles. The van der Waals surface area contributed by atoms with Crippen LogP contribution in [-0.4, -0.2) is 10.9 Å². The van der Waals surface area contributed by atoms with Gasteiger partial charge in [-0.3, -0.25) is 9.56 Å². The molecule has 0 saturated heterocycles. The van der Waals surface area contributed by atoms with Crippen molar-refractivity contribution in [2.24, 2.45) is 4.99 Å². The van der Waals surface area contributed by atoms with Gasteiger partial charge in [0.05, 0.1) is 11.2 Å². The molecule has 3 rings (SSSR count). The molecule has 1 atom stereocenters. The molecule has 0 aliphatic carbocycles. The maximum atomic E-state index is 5.41. The second kappa shape index (κ2) is 4.29. The molecule has 0 fully saturated rings. The third-order valence-electron chi connectivity index (χ3n) is 2.50. The molecular formula is C11H9N3S3. The van der Waals surface area contributed by atoms with Crippen molar-refractivity contribution in [1.82, 2.24) is 4.57 Å². The molecule has 0 spiro atoms. The van der Waals surface area contributed by atoms with E-state index in [1.165, 1.54) is 0 Å². The Hall–Kier alpha value is -1.11. The van der Waals surface area contributed by atoms with Crippen molar-refractivity contribution in [1.29, 1.82) is 0 Å². The first-order chi connectivity index (χ1) is 8.27. The van der Waals surface area contributed by atoms with Gasteiger partial charge >= 0.3 is 0 Å². The molecule has 1 aliphatic rings. The Morgan fingerprint density at radius 3 is 2.88 bits per heavy atom.